The Morgan fingerprint density at radius 2 is 1.26 bits per heavy atom. The van der Waals surface area contributed by atoms with Crippen LogP contribution >= 0.6 is 11.6 Å². The van der Waals surface area contributed by atoms with Gasteiger partial charge in [0.15, 0.2) is 5.78 Å². The second-order valence-electron chi connectivity index (χ2n) is 8.04. The quantitative estimate of drug-likeness (QED) is 0.185. The van der Waals surface area contributed by atoms with Crippen LogP contribution in [0.4, 0.5) is 5.69 Å². The number of nitrogens with two attached hydrogens (primary N) is 1. The van der Waals surface area contributed by atoms with E-state index in [1.54, 1.807) is 30.6 Å². The van der Waals surface area contributed by atoms with Crippen LogP contribution in [0.2, 0.25) is 5.02 Å². The molecule has 34 heavy (non-hydrogen) atoms. The Hall–Kier alpha value is -4.15. The fourth-order valence-electron chi connectivity index (χ4n) is 4.44. The molecular formula is C29H22ClN3O. The molecule has 1 heterocycles. The van der Waals surface area contributed by atoms with Gasteiger partial charge in [-0.3, -0.25) is 9.48 Å². The topological polar surface area (TPSA) is 60.9 Å². The number of benzene rings is 4. The van der Waals surface area contributed by atoms with Crippen LogP contribution in [0.25, 0.3) is 0 Å². The lowest BCUT2D eigenvalue weighted by Gasteiger charge is -2.36. The molecule has 4 aromatic carbocycles. The Kier molecular flexibility index (Phi) is 5.74. The van der Waals surface area contributed by atoms with Crippen molar-refractivity contribution in [2.24, 2.45) is 0 Å². The first-order valence-corrected chi connectivity index (χ1v) is 11.3. The van der Waals surface area contributed by atoms with Crippen LogP contribution in [0.1, 0.15) is 32.6 Å². The second-order valence-corrected chi connectivity index (χ2v) is 8.48. The van der Waals surface area contributed by atoms with E-state index < -0.39 is 5.54 Å². The molecule has 0 amide bonds. The van der Waals surface area contributed by atoms with Crippen LogP contribution in [0, 0.1) is 0 Å². The average molecular weight is 464 g/mol. The molecule has 0 saturated heterocycles. The fraction of sp³-hybridized carbons (Fsp3) is 0.0345. The molecule has 166 valence electrons. The maximum Gasteiger partial charge on any atom is 0.198 e. The van der Waals surface area contributed by atoms with Gasteiger partial charge in [-0.05, 0) is 34.9 Å². The molecule has 0 unspecified atom stereocenters. The Morgan fingerprint density at radius 3 is 1.76 bits per heavy atom. The van der Waals surface area contributed by atoms with Crippen molar-refractivity contribution in [3.8, 4) is 0 Å². The van der Waals surface area contributed by atoms with Crippen molar-refractivity contribution in [2.45, 2.75) is 5.54 Å². The Bertz CT molecular complexity index is 1330. The minimum atomic E-state index is -0.789. The Morgan fingerprint density at radius 1 is 0.765 bits per heavy atom. The molecular weight excluding hydrogens is 442 g/mol. The number of aromatic nitrogens is 2. The van der Waals surface area contributed by atoms with Crippen LogP contribution in [0.3, 0.4) is 0 Å². The third-order valence-electron chi connectivity index (χ3n) is 6.02. The zero-order chi connectivity index (χ0) is 23.5. The predicted molar refractivity (Wildman–Crippen MR) is 136 cm³/mol. The van der Waals surface area contributed by atoms with Gasteiger partial charge in [0.05, 0.1) is 11.8 Å². The number of hydrogen-bond donors (Lipinski definition) is 1. The van der Waals surface area contributed by atoms with E-state index in [4.69, 9.17) is 22.4 Å². The van der Waals surface area contributed by atoms with Gasteiger partial charge >= 0.3 is 0 Å². The number of rotatable bonds is 6. The third-order valence-corrected chi connectivity index (χ3v) is 6.26. The van der Waals surface area contributed by atoms with Gasteiger partial charge in [-0.2, -0.15) is 5.10 Å². The summed E-state index contributed by atoms with van der Waals surface area (Å²) < 4.78 is 1.86. The number of ketones is 1. The van der Waals surface area contributed by atoms with Crippen LogP contribution < -0.4 is 5.73 Å². The molecule has 0 aliphatic carbocycles. The lowest BCUT2D eigenvalue weighted by molar-refractivity contribution is 0.103. The van der Waals surface area contributed by atoms with E-state index in [0.717, 1.165) is 16.7 Å². The van der Waals surface area contributed by atoms with Crippen molar-refractivity contribution in [3.63, 3.8) is 0 Å². The first-order chi connectivity index (χ1) is 16.6. The zero-order valence-electron chi connectivity index (χ0n) is 18.3. The summed E-state index contributed by atoms with van der Waals surface area (Å²) in [5, 5.41) is 5.19. The molecule has 5 aromatic rings. The van der Waals surface area contributed by atoms with Crippen molar-refractivity contribution in [3.05, 3.63) is 154 Å². The summed E-state index contributed by atoms with van der Waals surface area (Å²) in [5.74, 6) is -0.227. The monoisotopic (exact) mass is 463 g/mol. The number of carbonyl (C=O) groups is 1. The van der Waals surface area contributed by atoms with E-state index in [1.807, 2.05) is 59.3 Å². The van der Waals surface area contributed by atoms with Gasteiger partial charge in [0.25, 0.3) is 0 Å². The maximum absolute atomic E-state index is 13.4. The Balaban J connectivity index is 1.75. The minimum absolute atomic E-state index is 0.227. The summed E-state index contributed by atoms with van der Waals surface area (Å²) in [7, 11) is 0. The molecule has 0 radical (unpaired) electrons. The van der Waals surface area contributed by atoms with E-state index >= 15 is 0 Å². The number of carbonyl (C=O) groups excluding carboxylic acids is 1. The molecule has 0 bridgehead atoms. The molecule has 0 atom stereocenters. The fourth-order valence-corrected chi connectivity index (χ4v) is 4.61. The van der Waals surface area contributed by atoms with Crippen LogP contribution in [0.5, 0.6) is 0 Å². The maximum atomic E-state index is 13.4. The van der Waals surface area contributed by atoms with Crippen molar-refractivity contribution in [2.75, 3.05) is 5.73 Å². The van der Waals surface area contributed by atoms with Gasteiger partial charge in [0, 0.05) is 22.5 Å². The molecule has 5 rings (SSSR count). The SMILES string of the molecule is Nc1ccc(Cl)cc1C(=O)c1cnn(C(c2ccccc2)(c2ccccc2)c2ccccc2)c1. The highest BCUT2D eigenvalue weighted by Gasteiger charge is 2.39. The summed E-state index contributed by atoms with van der Waals surface area (Å²) >= 11 is 6.14. The normalized spacial score (nSPS) is 11.3. The number of anilines is 1. The third kappa shape index (κ3) is 3.68. The largest absolute Gasteiger partial charge is 0.398 e. The molecule has 4 nitrogen and oxygen atoms in total. The highest BCUT2D eigenvalue weighted by Crippen LogP contribution is 2.40. The van der Waals surface area contributed by atoms with Crippen molar-refractivity contribution >= 4 is 23.1 Å². The van der Waals surface area contributed by atoms with E-state index in [1.165, 1.54) is 0 Å². The summed E-state index contributed by atoms with van der Waals surface area (Å²) in [5.41, 5.74) is 9.54. The van der Waals surface area contributed by atoms with Gasteiger partial charge in [-0.1, -0.05) is 103 Å². The Labute approximate surface area is 203 Å². The van der Waals surface area contributed by atoms with Crippen molar-refractivity contribution in [1.29, 1.82) is 0 Å². The lowest BCUT2D eigenvalue weighted by Crippen LogP contribution is -2.38. The first kappa shape index (κ1) is 21.7. The number of hydrogen-bond acceptors (Lipinski definition) is 3. The summed E-state index contributed by atoms with van der Waals surface area (Å²) in [6.45, 7) is 0. The predicted octanol–water partition coefficient (Wildman–Crippen LogP) is 6.19. The van der Waals surface area contributed by atoms with Crippen LogP contribution in [0.15, 0.2) is 122 Å². The molecule has 0 saturated carbocycles. The van der Waals surface area contributed by atoms with E-state index in [0.29, 0.717) is 21.8 Å². The summed E-state index contributed by atoms with van der Waals surface area (Å²) in [6.07, 6.45) is 3.38. The number of nitrogen functional groups attached to an aromatic ring is 1. The number of halogens is 1. The summed E-state index contributed by atoms with van der Waals surface area (Å²) in [6, 6.07) is 35.4. The highest BCUT2D eigenvalue weighted by molar-refractivity contribution is 6.31. The first-order valence-electron chi connectivity index (χ1n) is 10.9. The average Bonchev–Trinajstić information content (AvgIpc) is 3.38. The van der Waals surface area contributed by atoms with E-state index in [-0.39, 0.29) is 5.78 Å². The van der Waals surface area contributed by atoms with Gasteiger partial charge < -0.3 is 5.73 Å². The highest BCUT2D eigenvalue weighted by atomic mass is 35.5. The number of nitrogens with zero attached hydrogens (tertiary/aromatic N) is 2. The molecule has 1 aromatic heterocycles. The minimum Gasteiger partial charge on any atom is -0.398 e. The van der Waals surface area contributed by atoms with Gasteiger partial charge in [0.1, 0.15) is 5.54 Å². The van der Waals surface area contributed by atoms with E-state index in [9.17, 15) is 4.79 Å². The van der Waals surface area contributed by atoms with E-state index in [2.05, 4.69) is 36.4 Å². The van der Waals surface area contributed by atoms with Gasteiger partial charge in [-0.25, -0.2) is 0 Å². The second kappa shape index (κ2) is 9.00. The molecule has 0 aliphatic heterocycles. The van der Waals surface area contributed by atoms with Gasteiger partial charge in [-0.15, -0.1) is 0 Å². The standard InChI is InChI=1S/C29H22ClN3O/c30-25-16-17-27(31)26(18-25)28(34)21-19-32-33(20-21)29(22-10-4-1-5-11-22,23-12-6-2-7-13-23)24-14-8-3-9-15-24/h1-20H,31H2. The van der Waals surface area contributed by atoms with Crippen LogP contribution in [-0.4, -0.2) is 15.6 Å². The van der Waals surface area contributed by atoms with Crippen molar-refractivity contribution < 1.29 is 4.79 Å². The molecule has 0 aliphatic rings. The molecule has 2 N–H and O–H groups in total. The smallest absolute Gasteiger partial charge is 0.198 e. The molecule has 0 fully saturated rings. The zero-order valence-corrected chi connectivity index (χ0v) is 19.1. The molecule has 0 spiro atoms. The summed E-state index contributed by atoms with van der Waals surface area (Å²) in [4.78, 5) is 13.4. The molecule has 5 heteroatoms. The van der Waals surface area contributed by atoms with Crippen molar-refractivity contribution in [1.82, 2.24) is 9.78 Å². The lowest BCUT2D eigenvalue weighted by atomic mass is 9.77. The van der Waals surface area contributed by atoms with Crippen LogP contribution in [-0.2, 0) is 5.54 Å². The van der Waals surface area contributed by atoms with Gasteiger partial charge in [0.2, 0.25) is 0 Å².